The second-order valence-electron chi connectivity index (χ2n) is 7.25. The van der Waals surface area contributed by atoms with E-state index in [2.05, 4.69) is 15.3 Å². The number of rotatable bonds is 2. The van der Waals surface area contributed by atoms with Crippen LogP contribution in [0.3, 0.4) is 0 Å². The molecule has 0 radical (unpaired) electrons. The molecule has 0 saturated carbocycles. The first-order valence-corrected chi connectivity index (χ1v) is 9.41. The van der Waals surface area contributed by atoms with Crippen molar-refractivity contribution in [1.82, 2.24) is 19.7 Å². The Morgan fingerprint density at radius 1 is 1.14 bits per heavy atom. The maximum atomic E-state index is 12.6. The molecule has 6 rings (SSSR count). The summed E-state index contributed by atoms with van der Waals surface area (Å²) in [6.45, 7) is 2.17. The van der Waals surface area contributed by atoms with Crippen LogP contribution in [0.4, 0.5) is 5.82 Å². The highest BCUT2D eigenvalue weighted by atomic mass is 16.7. The first-order valence-electron chi connectivity index (χ1n) is 9.41. The number of amides is 1. The van der Waals surface area contributed by atoms with Crippen molar-refractivity contribution >= 4 is 22.8 Å². The maximum absolute atomic E-state index is 12.6. The largest absolute Gasteiger partial charge is 0.454 e. The highest BCUT2D eigenvalue weighted by Gasteiger charge is 2.34. The van der Waals surface area contributed by atoms with E-state index >= 15 is 0 Å². The van der Waals surface area contributed by atoms with Crippen LogP contribution in [0.2, 0.25) is 0 Å². The molecule has 0 aliphatic carbocycles. The summed E-state index contributed by atoms with van der Waals surface area (Å²) in [5, 5.41) is 7.68. The second-order valence-corrected chi connectivity index (χ2v) is 7.25. The van der Waals surface area contributed by atoms with Crippen LogP contribution in [0.25, 0.3) is 17.0 Å². The number of H-pyrrole nitrogens is 1. The van der Waals surface area contributed by atoms with E-state index in [0.717, 1.165) is 33.6 Å². The van der Waals surface area contributed by atoms with E-state index < -0.39 is 0 Å². The predicted molar refractivity (Wildman–Crippen MR) is 106 cm³/mol. The summed E-state index contributed by atoms with van der Waals surface area (Å²) in [7, 11) is 0. The van der Waals surface area contributed by atoms with Gasteiger partial charge in [0.05, 0.1) is 16.7 Å². The van der Waals surface area contributed by atoms with Gasteiger partial charge in [0.25, 0.3) is 0 Å². The zero-order chi connectivity index (χ0) is 19.5. The van der Waals surface area contributed by atoms with Crippen LogP contribution in [-0.4, -0.2) is 32.4 Å². The Kier molecular flexibility index (Phi) is 3.26. The third-order valence-corrected chi connectivity index (χ3v) is 5.48. The molecule has 0 spiro atoms. The van der Waals surface area contributed by atoms with Crippen molar-refractivity contribution in [3.8, 4) is 17.4 Å². The molecule has 0 fully saturated rings. The smallest absolute Gasteiger partial charge is 0.231 e. The number of nitrogens with one attached hydrogen (secondary N) is 2. The van der Waals surface area contributed by atoms with E-state index in [-0.39, 0.29) is 18.6 Å². The summed E-state index contributed by atoms with van der Waals surface area (Å²) < 4.78 is 12.6. The molecule has 2 aliphatic rings. The number of imidazole rings is 1. The highest BCUT2D eigenvalue weighted by Crippen LogP contribution is 2.43. The number of aryl methyl sites for hydroxylation is 1. The lowest BCUT2D eigenvalue weighted by atomic mass is 9.85. The van der Waals surface area contributed by atoms with Gasteiger partial charge in [0, 0.05) is 17.9 Å². The lowest BCUT2D eigenvalue weighted by molar-refractivity contribution is -0.116. The molecule has 0 saturated heterocycles. The van der Waals surface area contributed by atoms with E-state index in [4.69, 9.17) is 14.6 Å². The number of carbonyl (C=O) groups is 1. The maximum Gasteiger partial charge on any atom is 0.231 e. The fourth-order valence-corrected chi connectivity index (χ4v) is 4.15. The Hall–Kier alpha value is -3.81. The molecule has 0 unspecified atom stereocenters. The average Bonchev–Trinajstić information content (AvgIpc) is 3.43. The Labute approximate surface area is 165 Å². The fraction of sp³-hybridized carbons (Fsp3) is 0.190. The summed E-state index contributed by atoms with van der Waals surface area (Å²) >= 11 is 0. The van der Waals surface area contributed by atoms with E-state index in [1.54, 1.807) is 4.68 Å². The number of anilines is 1. The SMILES string of the molecule is Cc1nn(-c2nc3ccccc3[nH]2)c2c1[C@H](c1ccc3c(c1)OCO3)CC(=O)N2. The van der Waals surface area contributed by atoms with Gasteiger partial charge in [0.1, 0.15) is 5.82 Å². The number of benzene rings is 2. The molecular formula is C21H17N5O3. The van der Waals surface area contributed by atoms with Gasteiger partial charge < -0.3 is 19.8 Å². The molecular weight excluding hydrogens is 370 g/mol. The first-order chi connectivity index (χ1) is 14.2. The van der Waals surface area contributed by atoms with Crippen LogP contribution in [0.5, 0.6) is 11.5 Å². The van der Waals surface area contributed by atoms with Crippen LogP contribution in [0.15, 0.2) is 42.5 Å². The average molecular weight is 387 g/mol. The van der Waals surface area contributed by atoms with Crippen LogP contribution in [0.1, 0.15) is 29.2 Å². The zero-order valence-electron chi connectivity index (χ0n) is 15.6. The number of aromatic nitrogens is 4. The van der Waals surface area contributed by atoms with Crippen LogP contribution in [0, 0.1) is 6.92 Å². The molecule has 8 heteroatoms. The number of hydrogen-bond donors (Lipinski definition) is 2. The van der Waals surface area contributed by atoms with E-state index in [0.29, 0.717) is 23.9 Å². The molecule has 1 amide bonds. The molecule has 2 aliphatic heterocycles. The number of para-hydroxylation sites is 2. The van der Waals surface area contributed by atoms with Crippen molar-refractivity contribution in [3.05, 3.63) is 59.3 Å². The molecule has 4 aromatic rings. The topological polar surface area (TPSA) is 94.1 Å². The molecule has 4 heterocycles. The number of aromatic amines is 1. The lowest BCUT2D eigenvalue weighted by Crippen LogP contribution is -2.25. The Morgan fingerprint density at radius 2 is 2.00 bits per heavy atom. The Morgan fingerprint density at radius 3 is 2.90 bits per heavy atom. The quantitative estimate of drug-likeness (QED) is 0.551. The normalized spacial score (nSPS) is 17.4. The number of fused-ring (bicyclic) bond motifs is 3. The number of nitrogens with zero attached hydrogens (tertiary/aromatic N) is 3. The monoisotopic (exact) mass is 387 g/mol. The third-order valence-electron chi connectivity index (χ3n) is 5.48. The number of ether oxygens (including phenoxy) is 2. The Balaban J connectivity index is 1.50. The van der Waals surface area contributed by atoms with Crippen molar-refractivity contribution in [2.24, 2.45) is 0 Å². The van der Waals surface area contributed by atoms with Gasteiger partial charge >= 0.3 is 0 Å². The predicted octanol–water partition coefficient (Wildman–Crippen LogP) is 3.26. The summed E-state index contributed by atoms with van der Waals surface area (Å²) in [6.07, 6.45) is 0.347. The van der Waals surface area contributed by atoms with Gasteiger partial charge in [-0.25, -0.2) is 4.98 Å². The summed E-state index contributed by atoms with van der Waals surface area (Å²) in [4.78, 5) is 20.5. The first kappa shape index (κ1) is 16.2. The molecule has 2 aromatic heterocycles. The Bertz CT molecular complexity index is 1260. The zero-order valence-corrected chi connectivity index (χ0v) is 15.6. The van der Waals surface area contributed by atoms with Gasteiger partial charge in [-0.3, -0.25) is 4.79 Å². The molecule has 2 aromatic carbocycles. The van der Waals surface area contributed by atoms with Crippen LogP contribution < -0.4 is 14.8 Å². The van der Waals surface area contributed by atoms with Crippen LogP contribution >= 0.6 is 0 Å². The van der Waals surface area contributed by atoms with Gasteiger partial charge in [-0.2, -0.15) is 9.78 Å². The van der Waals surface area contributed by atoms with Crippen molar-refractivity contribution in [2.45, 2.75) is 19.3 Å². The van der Waals surface area contributed by atoms with Gasteiger partial charge in [-0.1, -0.05) is 18.2 Å². The van der Waals surface area contributed by atoms with Crippen molar-refractivity contribution in [1.29, 1.82) is 0 Å². The third kappa shape index (κ3) is 2.42. The van der Waals surface area contributed by atoms with Gasteiger partial charge in [0.2, 0.25) is 18.6 Å². The van der Waals surface area contributed by atoms with Gasteiger partial charge in [0.15, 0.2) is 11.5 Å². The van der Waals surface area contributed by atoms with Crippen molar-refractivity contribution in [3.63, 3.8) is 0 Å². The van der Waals surface area contributed by atoms with E-state index in [1.165, 1.54) is 0 Å². The van der Waals surface area contributed by atoms with E-state index in [9.17, 15) is 4.79 Å². The lowest BCUT2D eigenvalue weighted by Gasteiger charge is -2.24. The minimum Gasteiger partial charge on any atom is -0.454 e. The molecule has 8 nitrogen and oxygen atoms in total. The highest BCUT2D eigenvalue weighted by molar-refractivity contribution is 5.95. The van der Waals surface area contributed by atoms with Crippen LogP contribution in [-0.2, 0) is 4.79 Å². The minimum atomic E-state index is -0.119. The molecule has 29 heavy (non-hydrogen) atoms. The van der Waals surface area contributed by atoms with Crippen molar-refractivity contribution < 1.29 is 14.3 Å². The molecule has 144 valence electrons. The molecule has 0 bridgehead atoms. The summed E-state index contributed by atoms with van der Waals surface area (Å²) in [5.74, 6) is 2.48. The molecule has 2 N–H and O–H groups in total. The van der Waals surface area contributed by atoms with Crippen molar-refractivity contribution in [2.75, 3.05) is 12.1 Å². The van der Waals surface area contributed by atoms with E-state index in [1.807, 2.05) is 49.4 Å². The van der Waals surface area contributed by atoms with Gasteiger partial charge in [-0.15, -0.1) is 0 Å². The number of carbonyl (C=O) groups excluding carboxylic acids is 1. The minimum absolute atomic E-state index is 0.0579. The second kappa shape index (κ2) is 5.84. The number of hydrogen-bond acceptors (Lipinski definition) is 5. The summed E-state index contributed by atoms with van der Waals surface area (Å²) in [6, 6.07) is 13.6. The fourth-order valence-electron chi connectivity index (χ4n) is 4.15. The van der Waals surface area contributed by atoms with Gasteiger partial charge in [-0.05, 0) is 36.8 Å². The standard InChI is InChI=1S/C21H17N5O3/c1-11-19-13(12-6-7-16-17(8-12)29-10-28-16)9-18(27)24-20(19)26(25-11)21-22-14-4-2-3-5-15(14)23-21/h2-8,13H,9-10H2,1H3,(H,22,23)(H,24,27)/t13-/m0/s1. The molecule has 1 atom stereocenters. The summed E-state index contributed by atoms with van der Waals surface area (Å²) in [5.41, 5.74) is 4.60.